The molecule has 4 aromatic rings. The zero-order valence-electron chi connectivity index (χ0n) is 21.8. The number of benzene rings is 1. The Morgan fingerprint density at radius 2 is 1.88 bits per heavy atom. The average Bonchev–Trinajstić information content (AvgIpc) is 3.50. The molecular weight excluding hydrogens is 537 g/mol. The van der Waals surface area contributed by atoms with Crippen LogP contribution in [0.5, 0.6) is 0 Å². The van der Waals surface area contributed by atoms with Crippen molar-refractivity contribution in [2.45, 2.75) is 49.9 Å². The molecule has 210 valence electrons. The fraction of sp³-hybridized carbons (Fsp3) is 0.357. The number of fused-ring (bicyclic) bond motifs is 1. The highest BCUT2D eigenvalue weighted by Gasteiger charge is 2.39. The number of nitrogens with zero attached hydrogens (tertiary/aromatic N) is 8. The van der Waals surface area contributed by atoms with Crippen LogP contribution >= 0.6 is 0 Å². The van der Waals surface area contributed by atoms with Gasteiger partial charge in [-0.2, -0.15) is 28.5 Å². The molecule has 1 saturated carbocycles. The number of piperidine rings is 1. The highest BCUT2D eigenvalue weighted by atomic mass is 19.4. The molecule has 1 aromatic carbocycles. The van der Waals surface area contributed by atoms with Crippen molar-refractivity contribution in [3.05, 3.63) is 66.0 Å². The summed E-state index contributed by atoms with van der Waals surface area (Å²) in [5.74, 6) is -0.0111. The van der Waals surface area contributed by atoms with Gasteiger partial charge in [-0.05, 0) is 62.1 Å². The van der Waals surface area contributed by atoms with Crippen LogP contribution in [-0.4, -0.2) is 60.7 Å². The van der Waals surface area contributed by atoms with Gasteiger partial charge in [0, 0.05) is 36.5 Å². The molecule has 0 radical (unpaired) electrons. The molecule has 0 unspecified atom stereocenters. The molecule has 41 heavy (non-hydrogen) atoms. The van der Waals surface area contributed by atoms with Crippen LogP contribution < -0.4 is 4.90 Å². The van der Waals surface area contributed by atoms with Crippen molar-refractivity contribution in [3.63, 3.8) is 0 Å². The maximum absolute atomic E-state index is 13.0. The predicted molar refractivity (Wildman–Crippen MR) is 141 cm³/mol. The number of aromatic nitrogens is 5. The van der Waals surface area contributed by atoms with Gasteiger partial charge in [-0.3, -0.25) is 19.2 Å². The molecule has 0 spiro atoms. The number of rotatable bonds is 7. The van der Waals surface area contributed by atoms with E-state index in [1.54, 1.807) is 31.3 Å². The molecule has 1 aliphatic carbocycles. The van der Waals surface area contributed by atoms with Gasteiger partial charge in [-0.25, -0.2) is 4.52 Å². The number of halogens is 3. The first-order valence-electron chi connectivity index (χ1n) is 13.2. The molecule has 0 atom stereocenters. The fourth-order valence-electron chi connectivity index (χ4n) is 5.33. The summed E-state index contributed by atoms with van der Waals surface area (Å²) < 4.78 is 42.2. The van der Waals surface area contributed by atoms with E-state index >= 15 is 0 Å². The molecule has 3 aromatic heterocycles. The van der Waals surface area contributed by atoms with Crippen molar-refractivity contribution in [2.24, 2.45) is 0 Å². The zero-order valence-corrected chi connectivity index (χ0v) is 21.8. The fourth-order valence-corrected chi connectivity index (χ4v) is 5.33. The van der Waals surface area contributed by atoms with Crippen molar-refractivity contribution < 1.29 is 22.8 Å². The second-order valence-corrected chi connectivity index (χ2v) is 10.4. The molecule has 0 bridgehead atoms. The molecule has 0 N–H and O–H groups in total. The summed E-state index contributed by atoms with van der Waals surface area (Å²) in [6.45, 7) is 0.642. The lowest BCUT2D eigenvalue weighted by molar-refractivity contribution is -0.137. The maximum Gasteiger partial charge on any atom is 0.416 e. The monoisotopic (exact) mass is 562 g/mol. The minimum absolute atomic E-state index is 0.124. The smallest absolute Gasteiger partial charge is 0.338 e. The molecule has 4 heterocycles. The number of pyridine rings is 1. The molecule has 2 aliphatic rings. The van der Waals surface area contributed by atoms with E-state index in [1.165, 1.54) is 12.1 Å². The summed E-state index contributed by atoms with van der Waals surface area (Å²) >= 11 is 0. The van der Waals surface area contributed by atoms with Crippen LogP contribution in [-0.2, 0) is 16.5 Å². The summed E-state index contributed by atoms with van der Waals surface area (Å²) in [4.78, 5) is 32.3. The van der Waals surface area contributed by atoms with E-state index in [-0.39, 0.29) is 23.9 Å². The zero-order chi connectivity index (χ0) is 28.8. The molecule has 1 aliphatic heterocycles. The minimum atomic E-state index is -4.47. The maximum atomic E-state index is 13.0. The Morgan fingerprint density at radius 3 is 2.51 bits per heavy atom. The number of nitriles is 1. The number of hydrogen-bond acceptors (Lipinski definition) is 6. The van der Waals surface area contributed by atoms with Crippen molar-refractivity contribution in [3.8, 4) is 17.3 Å². The van der Waals surface area contributed by atoms with Crippen LogP contribution in [0, 0.1) is 11.3 Å². The number of carbonyl (C=O) groups excluding carboxylic acids is 2. The summed E-state index contributed by atoms with van der Waals surface area (Å²) in [6, 6.07) is 12.1. The Morgan fingerprint density at radius 1 is 1.15 bits per heavy atom. The van der Waals surface area contributed by atoms with Gasteiger partial charge >= 0.3 is 6.18 Å². The Balaban J connectivity index is 1.22. The summed E-state index contributed by atoms with van der Waals surface area (Å²) in [6.07, 6.45) is 2.72. The van der Waals surface area contributed by atoms with Gasteiger partial charge in [0.15, 0.2) is 5.65 Å². The highest BCUT2D eigenvalue weighted by molar-refractivity contribution is 5.94. The lowest BCUT2D eigenvalue weighted by Crippen LogP contribution is -2.48. The molecule has 1 saturated heterocycles. The van der Waals surface area contributed by atoms with Gasteiger partial charge in [0.05, 0.1) is 35.5 Å². The van der Waals surface area contributed by atoms with Gasteiger partial charge in [0.25, 0.3) is 11.9 Å². The number of carbonyl (C=O) groups is 2. The van der Waals surface area contributed by atoms with Crippen LogP contribution in [0.15, 0.2) is 54.9 Å². The topological polar surface area (TPSA) is 112 Å². The van der Waals surface area contributed by atoms with Crippen molar-refractivity contribution in [1.82, 2.24) is 29.3 Å². The van der Waals surface area contributed by atoms with E-state index in [9.17, 15) is 28.0 Å². The van der Waals surface area contributed by atoms with Crippen LogP contribution in [0.4, 0.5) is 19.1 Å². The van der Waals surface area contributed by atoms with E-state index in [0.717, 1.165) is 42.6 Å². The van der Waals surface area contributed by atoms with Crippen LogP contribution in [0.1, 0.15) is 48.0 Å². The second-order valence-electron chi connectivity index (χ2n) is 10.4. The predicted octanol–water partition coefficient (Wildman–Crippen LogP) is 4.28. The number of hydrogen-bond donors (Lipinski definition) is 0. The number of likely N-dealkylation sites (tertiary alicyclic amines) is 1. The average molecular weight is 563 g/mol. The van der Waals surface area contributed by atoms with Gasteiger partial charge in [0.2, 0.25) is 6.41 Å². The first-order valence-corrected chi connectivity index (χ1v) is 13.2. The van der Waals surface area contributed by atoms with Gasteiger partial charge in [-0.1, -0.05) is 6.07 Å². The van der Waals surface area contributed by atoms with Crippen LogP contribution in [0.3, 0.4) is 0 Å². The standard InChI is InChI=1S/C28H25F3N8O2/c29-28(30,31)21-6-4-19(5-7-21)25(41)36-14-11-27(10-13-32,12-15-36)38-17-20(16-33-38)23-2-1-3-24-34-26(35-39(23)24)37(18-40)22-8-9-22/h1-7,16-18,22H,8-12,14-15H2. The van der Waals surface area contributed by atoms with Gasteiger partial charge in [0.1, 0.15) is 0 Å². The second kappa shape index (κ2) is 10.0. The van der Waals surface area contributed by atoms with Crippen molar-refractivity contribution in [2.75, 3.05) is 18.0 Å². The Kier molecular flexibility index (Phi) is 6.48. The van der Waals surface area contributed by atoms with Crippen LogP contribution in [0.2, 0.25) is 0 Å². The Bertz CT molecular complexity index is 1640. The molecule has 10 nitrogen and oxygen atoms in total. The SMILES string of the molecule is N#CCC1(n2cc(-c3cccc4nc(N(C=O)C5CC5)nn34)cn2)CCN(C(=O)c2ccc(C(F)(F)F)cc2)CC1. The lowest BCUT2D eigenvalue weighted by atomic mass is 9.84. The van der Waals surface area contributed by atoms with Gasteiger partial charge < -0.3 is 4.90 Å². The first kappa shape index (κ1) is 26.5. The first-order chi connectivity index (χ1) is 19.7. The number of anilines is 1. The van der Waals surface area contributed by atoms with E-state index in [4.69, 9.17) is 0 Å². The van der Waals surface area contributed by atoms with E-state index < -0.39 is 17.3 Å². The summed E-state index contributed by atoms with van der Waals surface area (Å²) in [7, 11) is 0. The molecular formula is C28H25F3N8O2. The Labute approximate surface area is 232 Å². The largest absolute Gasteiger partial charge is 0.416 e. The Hall–Kier alpha value is -4.73. The van der Waals surface area contributed by atoms with Crippen LogP contribution in [0.25, 0.3) is 16.9 Å². The molecule has 13 heteroatoms. The third kappa shape index (κ3) is 4.90. The van der Waals surface area contributed by atoms with Crippen molar-refractivity contribution in [1.29, 1.82) is 5.26 Å². The van der Waals surface area contributed by atoms with E-state index in [1.807, 2.05) is 18.3 Å². The number of amides is 2. The minimum Gasteiger partial charge on any atom is -0.338 e. The highest BCUT2D eigenvalue weighted by Crippen LogP contribution is 2.36. The van der Waals surface area contributed by atoms with Crippen molar-refractivity contribution >= 4 is 23.9 Å². The third-order valence-electron chi connectivity index (χ3n) is 7.85. The summed E-state index contributed by atoms with van der Waals surface area (Å²) in [5.41, 5.74) is 0.762. The molecule has 6 rings (SSSR count). The van der Waals surface area contributed by atoms with E-state index in [0.29, 0.717) is 37.5 Å². The molecule has 2 amide bonds. The summed E-state index contributed by atoms with van der Waals surface area (Å²) in [5, 5.41) is 18.8. The normalized spacial score (nSPS) is 16.9. The third-order valence-corrected chi connectivity index (χ3v) is 7.85. The van der Waals surface area contributed by atoms with E-state index in [2.05, 4.69) is 21.3 Å². The van der Waals surface area contributed by atoms with Gasteiger partial charge in [-0.15, -0.1) is 5.10 Å². The number of alkyl halides is 3. The lowest BCUT2D eigenvalue weighted by Gasteiger charge is -2.40. The quantitative estimate of drug-likeness (QED) is 0.311. The molecule has 2 fully saturated rings.